The number of rotatable bonds is 8. The summed E-state index contributed by atoms with van der Waals surface area (Å²) in [5.41, 5.74) is 0.977. The molecule has 0 unspecified atom stereocenters. The van der Waals surface area contributed by atoms with E-state index in [-0.39, 0.29) is 12.2 Å². The number of methoxy groups -OCH3 is 1. The number of hydrogen-bond donors (Lipinski definition) is 2. The molecular weight excluding hydrogens is 282 g/mol. The normalized spacial score (nSPS) is 12.9. The van der Waals surface area contributed by atoms with Crippen LogP contribution in [0.25, 0.3) is 0 Å². The minimum atomic E-state index is -3.96. The zero-order valence-electron chi connectivity index (χ0n) is 11.3. The molecule has 0 radical (unpaired) electrons. The molecule has 0 bridgehead atoms. The number of esters is 1. The summed E-state index contributed by atoms with van der Waals surface area (Å²) in [6, 6.07) is 8.90. The van der Waals surface area contributed by atoms with E-state index >= 15 is 0 Å². The Bertz CT molecular complexity index is 515. The Balaban J connectivity index is 2.51. The lowest BCUT2D eigenvalue weighted by Gasteiger charge is -2.16. The number of nitrogens with one attached hydrogen (secondary N) is 1. The zero-order valence-corrected chi connectivity index (χ0v) is 12.1. The molecule has 0 amide bonds. The Kier molecular flexibility index (Phi) is 6.63. The van der Waals surface area contributed by atoms with Crippen molar-refractivity contribution in [3.63, 3.8) is 0 Å². The van der Waals surface area contributed by atoms with Crippen molar-refractivity contribution in [3.05, 3.63) is 35.9 Å². The topological polar surface area (TPSA) is 92.7 Å². The van der Waals surface area contributed by atoms with E-state index in [0.717, 1.165) is 5.56 Å². The van der Waals surface area contributed by atoms with Gasteiger partial charge in [-0.05, 0) is 24.9 Å². The molecular formula is C13H19NO5S. The molecule has 112 valence electrons. The molecule has 0 fully saturated rings. The molecule has 0 heterocycles. The standard InChI is InChI=1S/C13H19NO5S/c1-19-13(15)12(10-11-6-3-2-4-7-11)14-8-5-9-20(16,17)18/h2-4,6-7,12,14H,5,8-10H2,1H3,(H,16,17,18)/t12-/m1/s1. The van der Waals surface area contributed by atoms with Crippen LogP contribution < -0.4 is 5.32 Å². The highest BCUT2D eigenvalue weighted by Crippen LogP contribution is 2.04. The Morgan fingerprint density at radius 3 is 2.55 bits per heavy atom. The Morgan fingerprint density at radius 1 is 1.35 bits per heavy atom. The van der Waals surface area contributed by atoms with Crippen molar-refractivity contribution in [2.24, 2.45) is 0 Å². The maximum Gasteiger partial charge on any atom is 0.323 e. The number of carbonyl (C=O) groups is 1. The van der Waals surface area contributed by atoms with Gasteiger partial charge in [0.15, 0.2) is 0 Å². The van der Waals surface area contributed by atoms with Crippen LogP contribution in [0.1, 0.15) is 12.0 Å². The second kappa shape index (κ2) is 7.98. The molecule has 0 aliphatic carbocycles. The van der Waals surface area contributed by atoms with Gasteiger partial charge < -0.3 is 10.1 Å². The fourth-order valence-electron chi connectivity index (χ4n) is 1.76. The highest BCUT2D eigenvalue weighted by Gasteiger charge is 2.19. The van der Waals surface area contributed by atoms with Crippen molar-refractivity contribution in [2.75, 3.05) is 19.4 Å². The van der Waals surface area contributed by atoms with Gasteiger partial charge in [0.25, 0.3) is 10.1 Å². The van der Waals surface area contributed by atoms with Gasteiger partial charge in [0.05, 0.1) is 12.9 Å². The molecule has 1 aromatic carbocycles. The van der Waals surface area contributed by atoms with Crippen molar-refractivity contribution in [2.45, 2.75) is 18.9 Å². The zero-order chi connectivity index (χ0) is 15.0. The van der Waals surface area contributed by atoms with Crippen LogP contribution in [0, 0.1) is 0 Å². The monoisotopic (exact) mass is 301 g/mol. The summed E-state index contributed by atoms with van der Waals surface area (Å²) in [5.74, 6) is -0.736. The van der Waals surface area contributed by atoms with E-state index in [1.807, 2.05) is 30.3 Å². The minimum absolute atomic E-state index is 0.223. The first kappa shape index (κ1) is 16.6. The second-order valence-electron chi connectivity index (χ2n) is 4.36. The van der Waals surface area contributed by atoms with Gasteiger partial charge in [0.1, 0.15) is 6.04 Å². The van der Waals surface area contributed by atoms with E-state index in [9.17, 15) is 13.2 Å². The molecule has 6 nitrogen and oxygen atoms in total. The van der Waals surface area contributed by atoms with Crippen LogP contribution in [0.4, 0.5) is 0 Å². The average molecular weight is 301 g/mol. The third-order valence-electron chi connectivity index (χ3n) is 2.74. The van der Waals surface area contributed by atoms with Crippen LogP contribution in [-0.2, 0) is 26.1 Å². The number of ether oxygens (including phenoxy) is 1. The second-order valence-corrected chi connectivity index (χ2v) is 5.93. The summed E-state index contributed by atoms with van der Waals surface area (Å²) < 4.78 is 34.5. The van der Waals surface area contributed by atoms with Gasteiger partial charge >= 0.3 is 5.97 Å². The van der Waals surface area contributed by atoms with Crippen LogP contribution in [0.2, 0.25) is 0 Å². The molecule has 1 atom stereocenters. The third-order valence-corrected chi connectivity index (χ3v) is 3.54. The molecule has 7 heteroatoms. The van der Waals surface area contributed by atoms with E-state index in [0.29, 0.717) is 13.0 Å². The fraction of sp³-hybridized carbons (Fsp3) is 0.462. The summed E-state index contributed by atoms with van der Waals surface area (Å²) >= 11 is 0. The van der Waals surface area contributed by atoms with E-state index in [2.05, 4.69) is 5.32 Å². The molecule has 0 aliphatic rings. The minimum Gasteiger partial charge on any atom is -0.468 e. The predicted octanol–water partition coefficient (Wildman–Crippen LogP) is 0.638. The van der Waals surface area contributed by atoms with Gasteiger partial charge in [-0.2, -0.15) is 8.42 Å². The first-order chi connectivity index (χ1) is 9.42. The largest absolute Gasteiger partial charge is 0.468 e. The molecule has 0 aliphatic heterocycles. The highest BCUT2D eigenvalue weighted by atomic mass is 32.2. The number of hydrogen-bond acceptors (Lipinski definition) is 5. The quantitative estimate of drug-likeness (QED) is 0.416. The lowest BCUT2D eigenvalue weighted by atomic mass is 10.1. The smallest absolute Gasteiger partial charge is 0.323 e. The number of benzene rings is 1. The van der Waals surface area contributed by atoms with Crippen LogP contribution in [0.5, 0.6) is 0 Å². The molecule has 0 spiro atoms. The van der Waals surface area contributed by atoms with Crippen molar-refractivity contribution in [3.8, 4) is 0 Å². The summed E-state index contributed by atoms with van der Waals surface area (Å²) in [6.45, 7) is 0.298. The first-order valence-corrected chi connectivity index (χ1v) is 7.83. The van der Waals surface area contributed by atoms with Gasteiger partial charge in [-0.25, -0.2) is 0 Å². The average Bonchev–Trinajstić information content (AvgIpc) is 2.41. The molecule has 0 saturated carbocycles. The molecule has 1 rings (SSSR count). The van der Waals surface area contributed by atoms with E-state index in [1.54, 1.807) is 0 Å². The lowest BCUT2D eigenvalue weighted by Crippen LogP contribution is -2.40. The van der Waals surface area contributed by atoms with E-state index in [1.165, 1.54) is 7.11 Å². The van der Waals surface area contributed by atoms with Crippen LogP contribution >= 0.6 is 0 Å². The fourth-order valence-corrected chi connectivity index (χ4v) is 2.27. The summed E-state index contributed by atoms with van der Waals surface area (Å²) in [7, 11) is -2.66. The van der Waals surface area contributed by atoms with Gasteiger partial charge in [0.2, 0.25) is 0 Å². The predicted molar refractivity (Wildman–Crippen MR) is 75.0 cm³/mol. The number of carbonyl (C=O) groups excluding carboxylic acids is 1. The molecule has 0 saturated heterocycles. The third kappa shape index (κ3) is 6.65. The maximum atomic E-state index is 11.7. The highest BCUT2D eigenvalue weighted by molar-refractivity contribution is 7.85. The van der Waals surface area contributed by atoms with Crippen LogP contribution in [-0.4, -0.2) is 44.4 Å². The van der Waals surface area contributed by atoms with E-state index < -0.39 is 22.1 Å². The van der Waals surface area contributed by atoms with Crippen molar-refractivity contribution in [1.82, 2.24) is 5.32 Å². The molecule has 2 N–H and O–H groups in total. The van der Waals surface area contributed by atoms with Gasteiger partial charge in [-0.3, -0.25) is 9.35 Å². The Labute approximate surface area is 118 Å². The SMILES string of the molecule is COC(=O)[C@@H](Cc1ccccc1)NCCCS(=O)(=O)O. The Hall–Kier alpha value is -1.44. The van der Waals surface area contributed by atoms with Gasteiger partial charge in [-0.1, -0.05) is 30.3 Å². The van der Waals surface area contributed by atoms with Crippen LogP contribution in [0.15, 0.2) is 30.3 Å². The van der Waals surface area contributed by atoms with Crippen molar-refractivity contribution < 1.29 is 22.5 Å². The molecule has 20 heavy (non-hydrogen) atoms. The lowest BCUT2D eigenvalue weighted by molar-refractivity contribution is -0.143. The maximum absolute atomic E-state index is 11.7. The van der Waals surface area contributed by atoms with Crippen molar-refractivity contribution >= 4 is 16.1 Å². The summed E-state index contributed by atoms with van der Waals surface area (Å²) in [6.07, 6.45) is 0.681. The van der Waals surface area contributed by atoms with Crippen molar-refractivity contribution in [1.29, 1.82) is 0 Å². The molecule has 1 aromatic rings. The van der Waals surface area contributed by atoms with Gasteiger partial charge in [0, 0.05) is 0 Å². The Morgan fingerprint density at radius 2 is 2.00 bits per heavy atom. The summed E-state index contributed by atoms with van der Waals surface area (Å²) in [5, 5.41) is 2.94. The first-order valence-electron chi connectivity index (χ1n) is 6.22. The van der Waals surface area contributed by atoms with Crippen LogP contribution in [0.3, 0.4) is 0 Å². The van der Waals surface area contributed by atoms with Gasteiger partial charge in [-0.15, -0.1) is 0 Å². The molecule has 0 aromatic heterocycles. The van der Waals surface area contributed by atoms with E-state index in [4.69, 9.17) is 9.29 Å². The summed E-state index contributed by atoms with van der Waals surface area (Å²) in [4.78, 5) is 11.7.